The largest absolute Gasteiger partial charge is 0.480 e. The summed E-state index contributed by atoms with van der Waals surface area (Å²) >= 11 is 1.50. The zero-order valence-electron chi connectivity index (χ0n) is 20.0. The maximum Gasteiger partial charge on any atom is 0.326 e. The van der Waals surface area contributed by atoms with Crippen molar-refractivity contribution in [1.82, 2.24) is 21.3 Å². The van der Waals surface area contributed by atoms with E-state index in [0.29, 0.717) is 44.4 Å². The molecule has 1 aliphatic heterocycles. The summed E-state index contributed by atoms with van der Waals surface area (Å²) in [5, 5.41) is 20.7. The van der Waals surface area contributed by atoms with Crippen LogP contribution in [0.1, 0.15) is 58.8 Å². The standard InChI is InChI=1S/C22H41N5O5S/c1-4-14(2)18(21(30)26-17(22(31)32)10-13-33-3)27-20(29)16(8-5-6-11-23)25-19(28)15-9-7-12-24-15/h14-18,24H,4-13,23H2,1-3H3,(H,25,28)(H,26,30)(H,27,29)(H,31,32). The monoisotopic (exact) mass is 487 g/mol. The van der Waals surface area contributed by atoms with Crippen molar-refractivity contribution in [2.45, 2.75) is 83.0 Å². The molecule has 0 aromatic carbocycles. The molecule has 1 fully saturated rings. The van der Waals surface area contributed by atoms with Gasteiger partial charge in [0, 0.05) is 0 Å². The predicted molar refractivity (Wildman–Crippen MR) is 130 cm³/mol. The van der Waals surface area contributed by atoms with Crippen LogP contribution in [0, 0.1) is 5.92 Å². The number of carbonyl (C=O) groups is 4. The predicted octanol–water partition coefficient (Wildman–Crippen LogP) is 0.206. The van der Waals surface area contributed by atoms with Crippen LogP contribution >= 0.6 is 11.8 Å². The molecule has 0 aliphatic carbocycles. The molecule has 11 heteroatoms. The number of rotatable bonds is 16. The van der Waals surface area contributed by atoms with Gasteiger partial charge in [0.2, 0.25) is 17.7 Å². The Morgan fingerprint density at radius 3 is 2.36 bits per heavy atom. The number of carboxylic acid groups (broad SMARTS) is 1. The zero-order chi connectivity index (χ0) is 24.8. The second-order valence-electron chi connectivity index (χ2n) is 8.55. The molecule has 33 heavy (non-hydrogen) atoms. The van der Waals surface area contributed by atoms with Crippen molar-refractivity contribution < 1.29 is 24.3 Å². The minimum atomic E-state index is -1.11. The topological polar surface area (TPSA) is 163 Å². The first-order chi connectivity index (χ1) is 15.7. The van der Waals surface area contributed by atoms with Crippen molar-refractivity contribution in [3.63, 3.8) is 0 Å². The van der Waals surface area contributed by atoms with E-state index >= 15 is 0 Å². The SMILES string of the molecule is CCC(C)C(NC(=O)C(CCCCN)NC(=O)C1CCCN1)C(=O)NC(CCSC)C(=O)O. The van der Waals surface area contributed by atoms with Gasteiger partial charge in [0.1, 0.15) is 18.1 Å². The van der Waals surface area contributed by atoms with Crippen LogP contribution in [0.2, 0.25) is 0 Å². The number of hydrogen-bond acceptors (Lipinski definition) is 7. The third-order valence-electron chi connectivity index (χ3n) is 5.98. The van der Waals surface area contributed by atoms with Gasteiger partial charge in [0.25, 0.3) is 0 Å². The van der Waals surface area contributed by atoms with E-state index < -0.39 is 35.9 Å². The van der Waals surface area contributed by atoms with E-state index in [1.807, 2.05) is 20.1 Å². The quantitative estimate of drug-likeness (QED) is 0.168. The number of carbonyl (C=O) groups excluding carboxylic acids is 3. The molecule has 7 N–H and O–H groups in total. The molecule has 0 aromatic rings. The van der Waals surface area contributed by atoms with Crippen LogP contribution in [0.25, 0.3) is 0 Å². The van der Waals surface area contributed by atoms with E-state index in [9.17, 15) is 24.3 Å². The van der Waals surface area contributed by atoms with Crippen LogP contribution in [-0.2, 0) is 19.2 Å². The molecule has 1 aliphatic rings. The number of carboxylic acids is 1. The second-order valence-corrected chi connectivity index (χ2v) is 9.53. The summed E-state index contributed by atoms with van der Waals surface area (Å²) in [4.78, 5) is 50.2. The average molecular weight is 488 g/mol. The number of thioether (sulfide) groups is 1. The Morgan fingerprint density at radius 2 is 1.82 bits per heavy atom. The highest BCUT2D eigenvalue weighted by Crippen LogP contribution is 2.12. The number of amides is 3. The number of nitrogens with two attached hydrogens (primary N) is 1. The highest BCUT2D eigenvalue weighted by atomic mass is 32.2. The summed E-state index contributed by atoms with van der Waals surface area (Å²) < 4.78 is 0. The number of unbranched alkanes of at least 4 members (excludes halogenated alkanes) is 1. The Balaban J connectivity index is 2.91. The molecule has 3 amide bonds. The normalized spacial score (nSPS) is 19.2. The van der Waals surface area contributed by atoms with Gasteiger partial charge in [-0.15, -0.1) is 0 Å². The van der Waals surface area contributed by atoms with E-state index in [0.717, 1.165) is 13.0 Å². The van der Waals surface area contributed by atoms with Crippen LogP contribution in [0.4, 0.5) is 0 Å². The third-order valence-corrected chi connectivity index (χ3v) is 6.62. The fraction of sp³-hybridized carbons (Fsp3) is 0.818. The lowest BCUT2D eigenvalue weighted by Gasteiger charge is -2.28. The summed E-state index contributed by atoms with van der Waals surface area (Å²) in [6.45, 7) is 4.97. The first kappa shape index (κ1) is 29.2. The van der Waals surface area contributed by atoms with Gasteiger partial charge in [-0.2, -0.15) is 11.8 Å². The van der Waals surface area contributed by atoms with Crippen molar-refractivity contribution in [3.8, 4) is 0 Å². The van der Waals surface area contributed by atoms with E-state index in [2.05, 4.69) is 21.3 Å². The molecule has 10 nitrogen and oxygen atoms in total. The van der Waals surface area contributed by atoms with Gasteiger partial charge in [0.15, 0.2) is 0 Å². The van der Waals surface area contributed by atoms with Gasteiger partial charge in [-0.05, 0) is 69.5 Å². The van der Waals surface area contributed by atoms with Crippen LogP contribution in [0.15, 0.2) is 0 Å². The molecular formula is C22H41N5O5S. The minimum Gasteiger partial charge on any atom is -0.480 e. The minimum absolute atomic E-state index is 0.221. The zero-order valence-corrected chi connectivity index (χ0v) is 20.8. The van der Waals surface area contributed by atoms with Crippen molar-refractivity contribution in [2.75, 3.05) is 25.1 Å². The summed E-state index contributed by atoms with van der Waals surface area (Å²) in [6.07, 6.45) is 6.15. The van der Waals surface area contributed by atoms with Crippen LogP contribution in [-0.4, -0.2) is 78.1 Å². The van der Waals surface area contributed by atoms with Gasteiger partial charge in [0.05, 0.1) is 6.04 Å². The molecule has 0 radical (unpaired) electrons. The van der Waals surface area contributed by atoms with Gasteiger partial charge in [-0.25, -0.2) is 4.79 Å². The Hall–Kier alpha value is -1.85. The smallest absolute Gasteiger partial charge is 0.326 e. The number of nitrogens with one attached hydrogen (secondary N) is 4. The lowest BCUT2D eigenvalue weighted by molar-refractivity contribution is -0.142. The van der Waals surface area contributed by atoms with Crippen LogP contribution in [0.5, 0.6) is 0 Å². The Kier molecular flexibility index (Phi) is 14.1. The summed E-state index contributed by atoms with van der Waals surface area (Å²) in [7, 11) is 0. The van der Waals surface area contributed by atoms with Crippen molar-refractivity contribution in [1.29, 1.82) is 0 Å². The van der Waals surface area contributed by atoms with Gasteiger partial charge in [-0.3, -0.25) is 14.4 Å². The lowest BCUT2D eigenvalue weighted by atomic mass is 9.97. The molecule has 190 valence electrons. The van der Waals surface area contributed by atoms with Crippen LogP contribution in [0.3, 0.4) is 0 Å². The second kappa shape index (κ2) is 15.9. The molecule has 0 spiro atoms. The molecular weight excluding hydrogens is 446 g/mol. The summed E-state index contributed by atoms with van der Waals surface area (Å²) in [5.74, 6) is -1.95. The Bertz CT molecular complexity index is 645. The Labute approximate surface area is 200 Å². The van der Waals surface area contributed by atoms with E-state index in [-0.39, 0.29) is 24.3 Å². The first-order valence-corrected chi connectivity index (χ1v) is 13.2. The van der Waals surface area contributed by atoms with E-state index in [1.165, 1.54) is 11.8 Å². The number of hydrogen-bond donors (Lipinski definition) is 6. The fourth-order valence-electron chi connectivity index (χ4n) is 3.65. The van der Waals surface area contributed by atoms with E-state index in [4.69, 9.17) is 5.73 Å². The van der Waals surface area contributed by atoms with Gasteiger partial charge in [-0.1, -0.05) is 20.3 Å². The van der Waals surface area contributed by atoms with Crippen molar-refractivity contribution in [2.24, 2.45) is 11.7 Å². The maximum absolute atomic E-state index is 13.1. The summed E-state index contributed by atoms with van der Waals surface area (Å²) in [6, 6.07) is -3.05. The molecule has 0 bridgehead atoms. The maximum atomic E-state index is 13.1. The molecule has 1 rings (SSSR count). The average Bonchev–Trinajstić information content (AvgIpc) is 3.33. The van der Waals surface area contributed by atoms with E-state index in [1.54, 1.807) is 0 Å². The van der Waals surface area contributed by atoms with Crippen molar-refractivity contribution in [3.05, 3.63) is 0 Å². The highest BCUT2D eigenvalue weighted by molar-refractivity contribution is 7.98. The lowest BCUT2D eigenvalue weighted by Crippen LogP contribution is -2.58. The molecule has 0 saturated carbocycles. The number of aliphatic carboxylic acids is 1. The molecule has 5 unspecified atom stereocenters. The third kappa shape index (κ3) is 10.3. The fourth-order valence-corrected chi connectivity index (χ4v) is 4.12. The molecule has 5 atom stereocenters. The summed E-state index contributed by atoms with van der Waals surface area (Å²) in [5.41, 5.74) is 5.57. The molecule has 0 aromatic heterocycles. The van der Waals surface area contributed by atoms with Crippen molar-refractivity contribution >= 4 is 35.5 Å². The molecule has 1 saturated heterocycles. The first-order valence-electron chi connectivity index (χ1n) is 11.8. The van der Waals surface area contributed by atoms with Crippen LogP contribution < -0.4 is 27.0 Å². The van der Waals surface area contributed by atoms with Gasteiger partial charge < -0.3 is 32.1 Å². The highest BCUT2D eigenvalue weighted by Gasteiger charge is 2.33. The Morgan fingerprint density at radius 1 is 1.09 bits per heavy atom. The van der Waals surface area contributed by atoms with Gasteiger partial charge >= 0.3 is 5.97 Å². The molecule has 1 heterocycles.